The van der Waals surface area contributed by atoms with Crippen molar-refractivity contribution in [1.82, 2.24) is 15.2 Å². The minimum absolute atomic E-state index is 0.156. The van der Waals surface area contributed by atoms with Gasteiger partial charge in [0, 0.05) is 29.2 Å². The molecule has 9 heteroatoms. The Balaban J connectivity index is 1.52. The zero-order chi connectivity index (χ0) is 18.5. The van der Waals surface area contributed by atoms with E-state index < -0.39 is 0 Å². The molecule has 1 amide bonds. The van der Waals surface area contributed by atoms with Crippen molar-refractivity contribution in [1.29, 1.82) is 0 Å². The predicted octanol–water partition coefficient (Wildman–Crippen LogP) is 4.25. The zero-order valence-corrected chi connectivity index (χ0v) is 16.2. The lowest BCUT2D eigenvalue weighted by Gasteiger charge is -2.05. The van der Waals surface area contributed by atoms with Gasteiger partial charge in [0.15, 0.2) is 5.01 Å². The van der Waals surface area contributed by atoms with E-state index in [1.54, 1.807) is 24.4 Å². The summed E-state index contributed by atoms with van der Waals surface area (Å²) in [5.74, 6) is 0.00133. The summed E-state index contributed by atoms with van der Waals surface area (Å²) in [6.07, 6.45) is 1.94. The molecule has 3 aromatic rings. The van der Waals surface area contributed by atoms with Gasteiger partial charge >= 0.3 is 0 Å². The second-order valence-corrected chi connectivity index (χ2v) is 7.38. The Kier molecular flexibility index (Phi) is 5.89. The number of hydrogen-bond acceptors (Lipinski definition) is 6. The number of amides is 1. The lowest BCUT2D eigenvalue weighted by molar-refractivity contribution is -0.116. The molecule has 3 rings (SSSR count). The van der Waals surface area contributed by atoms with Crippen LogP contribution in [0.15, 0.2) is 41.0 Å². The number of nitrogens with one attached hydrogen (secondary N) is 2. The highest BCUT2D eigenvalue weighted by atomic mass is 79.9. The molecule has 2 aromatic heterocycles. The minimum Gasteiger partial charge on any atom is -0.360 e. The van der Waals surface area contributed by atoms with Crippen LogP contribution in [0.25, 0.3) is 10.6 Å². The molecule has 0 atom stereocenters. The highest BCUT2D eigenvalue weighted by molar-refractivity contribution is 9.10. The topological polar surface area (TPSA) is 79.8 Å². The van der Waals surface area contributed by atoms with E-state index in [1.807, 2.05) is 13.0 Å². The molecule has 0 spiro atoms. The van der Waals surface area contributed by atoms with Crippen molar-refractivity contribution in [2.75, 3.05) is 17.2 Å². The van der Waals surface area contributed by atoms with Crippen molar-refractivity contribution < 1.29 is 9.18 Å². The number of aromatic nitrogens is 3. The number of anilines is 2. The van der Waals surface area contributed by atoms with Crippen LogP contribution in [0.1, 0.15) is 12.0 Å². The molecule has 0 unspecified atom stereocenters. The third-order valence-corrected chi connectivity index (χ3v) is 4.80. The van der Waals surface area contributed by atoms with Gasteiger partial charge in [-0.15, -0.1) is 10.2 Å². The van der Waals surface area contributed by atoms with E-state index in [1.165, 1.54) is 17.4 Å². The predicted molar refractivity (Wildman–Crippen MR) is 104 cm³/mol. The fourth-order valence-electron chi connectivity index (χ4n) is 2.09. The standard InChI is InChI=1S/C17H15BrFN5OS/c1-10-2-5-14(21-9-10)22-15(25)6-7-20-17-24-23-16(26-17)12-8-11(18)3-4-13(12)19/h2-5,8-9H,6-7H2,1H3,(H,20,24)(H,21,22,25). The highest BCUT2D eigenvalue weighted by Gasteiger charge is 2.12. The van der Waals surface area contributed by atoms with Gasteiger partial charge in [-0.25, -0.2) is 9.37 Å². The monoisotopic (exact) mass is 435 g/mol. The van der Waals surface area contributed by atoms with Gasteiger partial charge in [0.1, 0.15) is 11.6 Å². The molecule has 0 aliphatic rings. The molecule has 1 aromatic carbocycles. The van der Waals surface area contributed by atoms with Crippen molar-refractivity contribution in [2.24, 2.45) is 0 Å². The average molecular weight is 436 g/mol. The Hall–Kier alpha value is -2.39. The van der Waals surface area contributed by atoms with E-state index in [4.69, 9.17) is 0 Å². The van der Waals surface area contributed by atoms with E-state index in [2.05, 4.69) is 41.7 Å². The molecular weight excluding hydrogens is 421 g/mol. The van der Waals surface area contributed by atoms with Gasteiger partial charge < -0.3 is 10.6 Å². The Morgan fingerprint density at radius 3 is 2.88 bits per heavy atom. The number of pyridine rings is 1. The maximum Gasteiger partial charge on any atom is 0.227 e. The average Bonchev–Trinajstić information content (AvgIpc) is 3.08. The van der Waals surface area contributed by atoms with Crippen LogP contribution in [0.3, 0.4) is 0 Å². The largest absolute Gasteiger partial charge is 0.360 e. The Labute approximate surface area is 162 Å². The van der Waals surface area contributed by atoms with Gasteiger partial charge in [-0.3, -0.25) is 4.79 Å². The van der Waals surface area contributed by atoms with Crippen LogP contribution in [0.2, 0.25) is 0 Å². The van der Waals surface area contributed by atoms with Gasteiger partial charge in [-0.05, 0) is 36.8 Å². The van der Waals surface area contributed by atoms with Crippen LogP contribution >= 0.6 is 27.3 Å². The van der Waals surface area contributed by atoms with Gasteiger partial charge in [0.2, 0.25) is 11.0 Å². The summed E-state index contributed by atoms with van der Waals surface area (Å²) in [5, 5.41) is 14.7. The molecule has 0 aliphatic heterocycles. The smallest absolute Gasteiger partial charge is 0.227 e. The maximum atomic E-state index is 13.9. The van der Waals surface area contributed by atoms with Crippen LogP contribution in [0, 0.1) is 12.7 Å². The van der Waals surface area contributed by atoms with E-state index in [0.29, 0.717) is 28.1 Å². The van der Waals surface area contributed by atoms with Crippen LogP contribution < -0.4 is 10.6 Å². The van der Waals surface area contributed by atoms with Crippen LogP contribution in [0.5, 0.6) is 0 Å². The lowest BCUT2D eigenvalue weighted by Crippen LogP contribution is -2.16. The number of hydrogen-bond donors (Lipinski definition) is 2. The Bertz CT molecular complexity index is 916. The first-order chi connectivity index (χ1) is 12.5. The number of carbonyl (C=O) groups excluding carboxylic acids is 1. The summed E-state index contributed by atoms with van der Waals surface area (Å²) in [6.45, 7) is 2.31. The van der Waals surface area contributed by atoms with E-state index in [9.17, 15) is 9.18 Å². The van der Waals surface area contributed by atoms with Crippen LogP contribution in [-0.4, -0.2) is 27.6 Å². The molecule has 2 heterocycles. The summed E-state index contributed by atoms with van der Waals surface area (Å²) < 4.78 is 14.7. The second kappa shape index (κ2) is 8.33. The van der Waals surface area contributed by atoms with Crippen molar-refractivity contribution in [3.8, 4) is 10.6 Å². The molecule has 6 nitrogen and oxygen atoms in total. The second-order valence-electron chi connectivity index (χ2n) is 5.48. The van der Waals surface area contributed by atoms with Crippen LogP contribution in [0.4, 0.5) is 15.3 Å². The molecule has 0 radical (unpaired) electrons. The van der Waals surface area contributed by atoms with Gasteiger partial charge in [0.25, 0.3) is 0 Å². The Morgan fingerprint density at radius 1 is 1.27 bits per heavy atom. The third-order valence-electron chi connectivity index (χ3n) is 3.39. The molecule has 0 bridgehead atoms. The first-order valence-corrected chi connectivity index (χ1v) is 9.37. The molecule has 0 aliphatic carbocycles. The van der Waals surface area contributed by atoms with Crippen molar-refractivity contribution in [2.45, 2.75) is 13.3 Å². The van der Waals surface area contributed by atoms with E-state index in [0.717, 1.165) is 10.0 Å². The fraction of sp³-hybridized carbons (Fsp3) is 0.176. The maximum absolute atomic E-state index is 13.9. The summed E-state index contributed by atoms with van der Waals surface area (Å²) >= 11 is 4.54. The Morgan fingerprint density at radius 2 is 2.12 bits per heavy atom. The molecule has 0 fully saturated rings. The van der Waals surface area contributed by atoms with Crippen molar-refractivity contribution in [3.63, 3.8) is 0 Å². The molecule has 134 valence electrons. The SMILES string of the molecule is Cc1ccc(NC(=O)CCNc2nnc(-c3cc(Br)ccc3F)s2)nc1. The summed E-state index contributed by atoms with van der Waals surface area (Å²) in [7, 11) is 0. The van der Waals surface area contributed by atoms with Gasteiger partial charge in [0.05, 0.1) is 0 Å². The van der Waals surface area contributed by atoms with Crippen molar-refractivity contribution >= 4 is 44.1 Å². The number of halogens is 2. The molecule has 26 heavy (non-hydrogen) atoms. The van der Waals surface area contributed by atoms with Gasteiger partial charge in [-0.1, -0.05) is 33.3 Å². The summed E-state index contributed by atoms with van der Waals surface area (Å²) in [6, 6.07) is 8.29. The van der Waals surface area contributed by atoms with Crippen LogP contribution in [-0.2, 0) is 4.79 Å². The summed E-state index contributed by atoms with van der Waals surface area (Å²) in [5.41, 5.74) is 1.41. The number of aryl methyl sites for hydroxylation is 1. The number of carbonyl (C=O) groups is 1. The molecule has 2 N–H and O–H groups in total. The lowest BCUT2D eigenvalue weighted by atomic mass is 10.2. The van der Waals surface area contributed by atoms with E-state index >= 15 is 0 Å². The molecular formula is C17H15BrFN5OS. The first kappa shape index (κ1) is 18.4. The number of nitrogens with zero attached hydrogens (tertiary/aromatic N) is 3. The molecule has 0 saturated heterocycles. The first-order valence-electron chi connectivity index (χ1n) is 7.76. The zero-order valence-electron chi connectivity index (χ0n) is 13.8. The fourth-order valence-corrected chi connectivity index (χ4v) is 3.24. The normalized spacial score (nSPS) is 10.6. The quantitative estimate of drug-likeness (QED) is 0.604. The van der Waals surface area contributed by atoms with Crippen molar-refractivity contribution in [3.05, 3.63) is 52.4 Å². The molecule has 0 saturated carbocycles. The number of rotatable bonds is 6. The highest BCUT2D eigenvalue weighted by Crippen LogP contribution is 2.30. The number of benzene rings is 1. The minimum atomic E-state index is -0.360. The summed E-state index contributed by atoms with van der Waals surface area (Å²) in [4.78, 5) is 16.0. The van der Waals surface area contributed by atoms with E-state index in [-0.39, 0.29) is 18.1 Å². The van der Waals surface area contributed by atoms with Gasteiger partial charge in [-0.2, -0.15) is 0 Å². The third kappa shape index (κ3) is 4.83.